The quantitative estimate of drug-likeness (QED) is 0.609. The summed E-state index contributed by atoms with van der Waals surface area (Å²) in [6.07, 6.45) is 1.07. The highest BCUT2D eigenvalue weighted by Crippen LogP contribution is 2.11. The molecule has 0 aliphatic heterocycles. The van der Waals surface area contributed by atoms with Gasteiger partial charge in [-0.25, -0.2) is 4.79 Å². The number of nitrogens with zero attached hydrogens (tertiary/aromatic N) is 1. The first-order valence-corrected chi connectivity index (χ1v) is 3.15. The van der Waals surface area contributed by atoms with E-state index in [1.165, 1.54) is 7.05 Å². The number of aromatic hydroxyl groups is 1. The van der Waals surface area contributed by atoms with E-state index >= 15 is 0 Å². The molecular weight excluding hydrogens is 162 g/mol. The van der Waals surface area contributed by atoms with Crippen LogP contribution in [0.1, 0.15) is 10.4 Å². The lowest BCUT2D eigenvalue weighted by Crippen LogP contribution is -2.16. The van der Waals surface area contributed by atoms with Crippen molar-refractivity contribution in [3.8, 4) is 5.75 Å². The molecule has 0 atom stereocenters. The summed E-state index contributed by atoms with van der Waals surface area (Å²) in [7, 11) is 1.41. The molecular formula is C7H7NO4. The summed E-state index contributed by atoms with van der Waals surface area (Å²) in [6.45, 7) is 0. The Labute approximate surface area is 67.5 Å². The molecule has 1 rings (SSSR count). The van der Waals surface area contributed by atoms with Gasteiger partial charge in [-0.05, 0) is 0 Å². The maximum absolute atomic E-state index is 10.8. The highest BCUT2D eigenvalue weighted by atomic mass is 16.4. The number of aryl methyl sites for hydroxylation is 1. The molecule has 1 aromatic heterocycles. The van der Waals surface area contributed by atoms with Crippen LogP contribution in [0, 0.1) is 0 Å². The summed E-state index contributed by atoms with van der Waals surface area (Å²) in [5.41, 5.74) is -0.727. The molecule has 0 fully saturated rings. The number of pyridine rings is 1. The van der Waals surface area contributed by atoms with Gasteiger partial charge < -0.3 is 14.8 Å². The van der Waals surface area contributed by atoms with Gasteiger partial charge in [0.05, 0.1) is 0 Å². The van der Waals surface area contributed by atoms with E-state index in [-0.39, 0.29) is 5.56 Å². The van der Waals surface area contributed by atoms with Crippen molar-refractivity contribution < 1.29 is 15.0 Å². The van der Waals surface area contributed by atoms with Gasteiger partial charge in [0.1, 0.15) is 11.3 Å². The molecule has 64 valence electrons. The second-order valence-corrected chi connectivity index (χ2v) is 2.33. The Balaban J connectivity index is 3.43. The second-order valence-electron chi connectivity index (χ2n) is 2.33. The van der Waals surface area contributed by atoms with E-state index in [4.69, 9.17) is 10.2 Å². The van der Waals surface area contributed by atoms with Crippen molar-refractivity contribution in [3.63, 3.8) is 0 Å². The van der Waals surface area contributed by atoms with E-state index in [0.717, 1.165) is 16.8 Å². The highest BCUT2D eigenvalue weighted by molar-refractivity contribution is 5.90. The fourth-order valence-electron chi connectivity index (χ4n) is 0.785. The van der Waals surface area contributed by atoms with Gasteiger partial charge in [0.15, 0.2) is 0 Å². The van der Waals surface area contributed by atoms with Crippen LogP contribution in [-0.2, 0) is 7.05 Å². The molecule has 0 radical (unpaired) electrons. The first-order chi connectivity index (χ1) is 5.52. The smallest absolute Gasteiger partial charge is 0.340 e. The number of rotatable bonds is 1. The fourth-order valence-corrected chi connectivity index (χ4v) is 0.785. The SMILES string of the molecule is Cn1cc(C(=O)O)c(O)cc1=O. The highest BCUT2D eigenvalue weighted by Gasteiger charge is 2.10. The minimum atomic E-state index is -1.26. The van der Waals surface area contributed by atoms with Crippen molar-refractivity contribution in [1.82, 2.24) is 4.57 Å². The maximum Gasteiger partial charge on any atom is 0.340 e. The molecule has 0 amide bonds. The largest absolute Gasteiger partial charge is 0.507 e. The molecule has 0 saturated carbocycles. The third kappa shape index (κ3) is 1.29. The monoisotopic (exact) mass is 169 g/mol. The third-order valence-electron chi connectivity index (χ3n) is 1.44. The Morgan fingerprint density at radius 2 is 2.17 bits per heavy atom. The number of aromatic nitrogens is 1. The molecule has 1 heterocycles. The number of carbonyl (C=O) groups is 1. The minimum absolute atomic E-state index is 0.280. The predicted molar refractivity (Wildman–Crippen MR) is 40.3 cm³/mol. The summed E-state index contributed by atoms with van der Waals surface area (Å²) in [6, 6.07) is 0.865. The van der Waals surface area contributed by atoms with Crippen LogP contribution < -0.4 is 5.56 Å². The van der Waals surface area contributed by atoms with Crippen LogP contribution in [0.2, 0.25) is 0 Å². The van der Waals surface area contributed by atoms with Gasteiger partial charge in [-0.2, -0.15) is 0 Å². The van der Waals surface area contributed by atoms with Gasteiger partial charge in [-0.15, -0.1) is 0 Å². The normalized spacial score (nSPS) is 9.75. The molecule has 2 N–H and O–H groups in total. The van der Waals surface area contributed by atoms with Crippen LogP contribution in [-0.4, -0.2) is 20.7 Å². The van der Waals surface area contributed by atoms with E-state index in [9.17, 15) is 9.59 Å². The number of hydrogen-bond donors (Lipinski definition) is 2. The minimum Gasteiger partial charge on any atom is -0.507 e. The van der Waals surface area contributed by atoms with Crippen molar-refractivity contribution in [3.05, 3.63) is 28.2 Å². The zero-order valence-corrected chi connectivity index (χ0v) is 6.31. The lowest BCUT2D eigenvalue weighted by molar-refractivity contribution is 0.0692. The summed E-state index contributed by atoms with van der Waals surface area (Å²) in [4.78, 5) is 21.2. The van der Waals surface area contributed by atoms with Gasteiger partial charge in [0, 0.05) is 19.3 Å². The van der Waals surface area contributed by atoms with Crippen molar-refractivity contribution in [2.24, 2.45) is 7.05 Å². The van der Waals surface area contributed by atoms with Crippen molar-refractivity contribution in [1.29, 1.82) is 0 Å². The summed E-state index contributed by atoms with van der Waals surface area (Å²) < 4.78 is 1.09. The molecule has 5 heteroatoms. The first kappa shape index (κ1) is 8.32. The molecule has 0 aromatic carbocycles. The maximum atomic E-state index is 10.8. The number of carboxylic acid groups (broad SMARTS) is 1. The second kappa shape index (κ2) is 2.69. The average molecular weight is 169 g/mol. The van der Waals surface area contributed by atoms with E-state index in [2.05, 4.69) is 0 Å². The third-order valence-corrected chi connectivity index (χ3v) is 1.44. The molecule has 0 aliphatic rings. The number of aromatic carboxylic acids is 1. The molecule has 0 bridgehead atoms. The van der Waals surface area contributed by atoms with Gasteiger partial charge in [0.2, 0.25) is 0 Å². The van der Waals surface area contributed by atoms with E-state index in [1.807, 2.05) is 0 Å². The molecule has 0 aliphatic carbocycles. The fraction of sp³-hybridized carbons (Fsp3) is 0.143. The Bertz CT molecular complexity index is 379. The lowest BCUT2D eigenvalue weighted by Gasteiger charge is -2.00. The predicted octanol–water partition coefficient (Wildman–Crippen LogP) is -0.211. The van der Waals surface area contributed by atoms with Gasteiger partial charge in [0.25, 0.3) is 5.56 Å². The van der Waals surface area contributed by atoms with Crippen molar-refractivity contribution >= 4 is 5.97 Å². The average Bonchev–Trinajstić information content (AvgIpc) is 1.96. The van der Waals surface area contributed by atoms with Crippen LogP contribution in [0.4, 0.5) is 0 Å². The van der Waals surface area contributed by atoms with Crippen LogP contribution in [0.25, 0.3) is 0 Å². The topological polar surface area (TPSA) is 79.5 Å². The summed E-state index contributed by atoms with van der Waals surface area (Å²) >= 11 is 0. The van der Waals surface area contributed by atoms with Gasteiger partial charge in [-0.1, -0.05) is 0 Å². The van der Waals surface area contributed by atoms with Crippen molar-refractivity contribution in [2.45, 2.75) is 0 Å². The Kier molecular flexibility index (Phi) is 1.86. The summed E-state index contributed by atoms with van der Waals surface area (Å²) in [5.74, 6) is -1.77. The van der Waals surface area contributed by atoms with E-state index in [0.29, 0.717) is 0 Å². The standard InChI is InChI=1S/C7H7NO4/c1-8-3-4(7(11)12)5(9)2-6(8)10/h2-3,9H,1H3,(H,11,12). The van der Waals surface area contributed by atoms with Crippen molar-refractivity contribution in [2.75, 3.05) is 0 Å². The van der Waals surface area contributed by atoms with E-state index < -0.39 is 17.3 Å². The molecule has 0 saturated heterocycles. The lowest BCUT2D eigenvalue weighted by atomic mass is 10.2. The van der Waals surface area contributed by atoms with E-state index in [1.54, 1.807) is 0 Å². The molecule has 5 nitrogen and oxygen atoms in total. The Morgan fingerprint density at radius 1 is 1.58 bits per heavy atom. The first-order valence-electron chi connectivity index (χ1n) is 3.15. The van der Waals surface area contributed by atoms with Gasteiger partial charge >= 0.3 is 5.97 Å². The zero-order valence-electron chi connectivity index (χ0n) is 6.31. The van der Waals surface area contributed by atoms with Crippen LogP contribution in [0.3, 0.4) is 0 Å². The van der Waals surface area contributed by atoms with Gasteiger partial charge in [-0.3, -0.25) is 4.79 Å². The molecule has 1 aromatic rings. The number of hydrogen-bond acceptors (Lipinski definition) is 3. The summed E-state index contributed by atoms with van der Waals surface area (Å²) in [5, 5.41) is 17.5. The molecule has 0 spiro atoms. The Hall–Kier alpha value is -1.78. The Morgan fingerprint density at radius 3 is 2.67 bits per heavy atom. The number of carboxylic acids is 1. The van der Waals surface area contributed by atoms with Crippen LogP contribution in [0.15, 0.2) is 17.1 Å². The van der Waals surface area contributed by atoms with Crippen LogP contribution >= 0.6 is 0 Å². The molecule has 0 unspecified atom stereocenters. The molecule has 12 heavy (non-hydrogen) atoms. The van der Waals surface area contributed by atoms with Crippen LogP contribution in [0.5, 0.6) is 5.75 Å². The zero-order chi connectivity index (χ0) is 9.30.